The molecule has 0 aliphatic heterocycles. The highest BCUT2D eigenvalue weighted by Gasteiger charge is 2.13. The Balaban J connectivity index is 1.67. The van der Waals surface area contributed by atoms with Gasteiger partial charge < -0.3 is 9.47 Å². The molecule has 0 bridgehead atoms. The fraction of sp³-hybridized carbons (Fsp3) is 0.160. The molecule has 0 atom stereocenters. The number of anilines is 1. The smallest absolute Gasteiger partial charge is 0.276 e. The van der Waals surface area contributed by atoms with E-state index < -0.39 is 0 Å². The third kappa shape index (κ3) is 5.88. The summed E-state index contributed by atoms with van der Waals surface area (Å²) in [7, 11) is 1.58. The first-order chi connectivity index (χ1) is 14.7. The van der Waals surface area contributed by atoms with Crippen molar-refractivity contribution in [3.05, 3.63) is 103 Å². The molecular formula is C25H26N2O3. The van der Waals surface area contributed by atoms with Gasteiger partial charge >= 0.3 is 0 Å². The van der Waals surface area contributed by atoms with E-state index in [1.165, 1.54) is 0 Å². The predicted molar refractivity (Wildman–Crippen MR) is 120 cm³/mol. The van der Waals surface area contributed by atoms with Crippen LogP contribution in [0.2, 0.25) is 0 Å². The predicted octanol–water partition coefficient (Wildman–Crippen LogP) is 4.54. The monoisotopic (exact) mass is 402 g/mol. The molecule has 0 saturated heterocycles. The van der Waals surface area contributed by atoms with Crippen molar-refractivity contribution in [2.75, 3.05) is 18.7 Å². The lowest BCUT2D eigenvalue weighted by atomic mass is 10.1. The molecule has 3 rings (SSSR count). The molecule has 0 aromatic heterocycles. The highest BCUT2D eigenvalue weighted by molar-refractivity contribution is 5.79. The maximum atomic E-state index is 12.6. The molecule has 0 radical (unpaired) electrons. The number of ether oxygens (including phenoxy) is 2. The Bertz CT molecular complexity index is 959. The van der Waals surface area contributed by atoms with Gasteiger partial charge in [-0.15, -0.1) is 6.58 Å². The molecule has 1 N–H and O–H groups in total. The van der Waals surface area contributed by atoms with Gasteiger partial charge in [-0.25, -0.2) is 0 Å². The van der Waals surface area contributed by atoms with Crippen molar-refractivity contribution in [3.8, 4) is 11.5 Å². The largest absolute Gasteiger partial charge is 0.493 e. The summed E-state index contributed by atoms with van der Waals surface area (Å²) in [5.74, 6) is 0.855. The molecule has 3 aromatic rings. The summed E-state index contributed by atoms with van der Waals surface area (Å²) in [5.41, 5.74) is 5.98. The van der Waals surface area contributed by atoms with Crippen LogP contribution < -0.4 is 19.9 Å². The van der Waals surface area contributed by atoms with E-state index in [0.29, 0.717) is 18.0 Å². The molecule has 0 spiro atoms. The maximum absolute atomic E-state index is 12.6. The van der Waals surface area contributed by atoms with E-state index in [1.54, 1.807) is 7.11 Å². The van der Waals surface area contributed by atoms with Gasteiger partial charge in [0.15, 0.2) is 18.1 Å². The minimum atomic E-state index is -0.257. The summed E-state index contributed by atoms with van der Waals surface area (Å²) in [6.07, 6.45) is 2.57. The number of nitrogens with one attached hydrogen (secondary N) is 1. The van der Waals surface area contributed by atoms with Crippen molar-refractivity contribution in [3.63, 3.8) is 0 Å². The number of allylic oxidation sites excluding steroid dienone is 1. The lowest BCUT2D eigenvalue weighted by Gasteiger charge is -2.25. The number of carbonyl (C=O) groups excluding carboxylic acids is 1. The molecular weight excluding hydrogens is 376 g/mol. The second kappa shape index (κ2) is 10.7. The lowest BCUT2D eigenvalue weighted by Crippen LogP contribution is -2.44. The summed E-state index contributed by atoms with van der Waals surface area (Å²) in [6, 6.07) is 25.3. The van der Waals surface area contributed by atoms with Crippen LogP contribution in [0.1, 0.15) is 11.1 Å². The molecule has 0 saturated carbocycles. The normalized spacial score (nSPS) is 10.2. The quantitative estimate of drug-likeness (QED) is 0.400. The van der Waals surface area contributed by atoms with Crippen LogP contribution in [0.25, 0.3) is 0 Å². The Hall–Kier alpha value is -3.73. The second-order valence-corrected chi connectivity index (χ2v) is 6.71. The van der Waals surface area contributed by atoms with Crippen LogP contribution in [0, 0.1) is 0 Å². The van der Waals surface area contributed by atoms with Crippen LogP contribution in [-0.2, 0) is 17.8 Å². The number of carbonyl (C=O) groups is 1. The average molecular weight is 402 g/mol. The fourth-order valence-corrected chi connectivity index (χ4v) is 3.02. The van der Waals surface area contributed by atoms with Crippen LogP contribution >= 0.6 is 0 Å². The van der Waals surface area contributed by atoms with Gasteiger partial charge in [0.25, 0.3) is 5.91 Å². The van der Waals surface area contributed by atoms with Crippen LogP contribution in [0.4, 0.5) is 5.69 Å². The number of rotatable bonds is 10. The van der Waals surface area contributed by atoms with Gasteiger partial charge in [0.1, 0.15) is 0 Å². The lowest BCUT2D eigenvalue weighted by molar-refractivity contribution is -0.123. The van der Waals surface area contributed by atoms with E-state index in [9.17, 15) is 4.79 Å². The Morgan fingerprint density at radius 3 is 2.33 bits per heavy atom. The van der Waals surface area contributed by atoms with E-state index in [4.69, 9.17) is 9.47 Å². The Labute approximate surface area is 177 Å². The number of benzene rings is 3. The summed E-state index contributed by atoms with van der Waals surface area (Å²) in [5, 5.41) is 1.81. The van der Waals surface area contributed by atoms with Crippen LogP contribution in [0.15, 0.2) is 91.5 Å². The topological polar surface area (TPSA) is 50.8 Å². The summed E-state index contributed by atoms with van der Waals surface area (Å²) in [6.45, 7) is 4.15. The fourth-order valence-electron chi connectivity index (χ4n) is 3.02. The number of methoxy groups -OCH3 is 1. The minimum Gasteiger partial charge on any atom is -0.493 e. The third-order valence-electron chi connectivity index (χ3n) is 4.48. The van der Waals surface area contributed by atoms with Gasteiger partial charge in [0.05, 0.1) is 19.3 Å². The molecule has 0 aliphatic rings. The zero-order valence-corrected chi connectivity index (χ0v) is 17.1. The highest BCUT2D eigenvalue weighted by Crippen LogP contribution is 2.28. The first kappa shape index (κ1) is 21.0. The van der Waals surface area contributed by atoms with Gasteiger partial charge in [-0.2, -0.15) is 0 Å². The summed E-state index contributed by atoms with van der Waals surface area (Å²) >= 11 is 0. The van der Waals surface area contributed by atoms with Gasteiger partial charge in [0.2, 0.25) is 0 Å². The molecule has 0 fully saturated rings. The Morgan fingerprint density at radius 1 is 0.967 bits per heavy atom. The van der Waals surface area contributed by atoms with Gasteiger partial charge in [-0.05, 0) is 41.8 Å². The maximum Gasteiger partial charge on any atom is 0.276 e. The molecule has 0 heterocycles. The average Bonchev–Trinajstić information content (AvgIpc) is 2.79. The van der Waals surface area contributed by atoms with Crippen molar-refractivity contribution in [1.82, 2.24) is 5.43 Å². The molecule has 3 aromatic carbocycles. The van der Waals surface area contributed by atoms with Crippen molar-refractivity contribution in [1.29, 1.82) is 0 Å². The SMILES string of the molecule is C=CCc1ccc(OCC(=O)NN(Cc2ccccc2)c2ccccc2)c(OC)c1. The number of hydrazine groups is 1. The van der Waals surface area contributed by atoms with E-state index in [1.807, 2.05) is 89.9 Å². The molecule has 30 heavy (non-hydrogen) atoms. The van der Waals surface area contributed by atoms with E-state index in [-0.39, 0.29) is 12.5 Å². The number of amides is 1. The van der Waals surface area contributed by atoms with Gasteiger partial charge in [-0.1, -0.05) is 60.7 Å². The Kier molecular flexibility index (Phi) is 7.50. The second-order valence-electron chi connectivity index (χ2n) is 6.71. The van der Waals surface area contributed by atoms with Gasteiger partial charge in [-0.3, -0.25) is 15.2 Å². The van der Waals surface area contributed by atoms with E-state index >= 15 is 0 Å². The summed E-state index contributed by atoms with van der Waals surface area (Å²) in [4.78, 5) is 12.6. The third-order valence-corrected chi connectivity index (χ3v) is 4.48. The first-order valence-corrected chi connectivity index (χ1v) is 9.76. The zero-order chi connectivity index (χ0) is 21.2. The van der Waals surface area contributed by atoms with Crippen LogP contribution in [0.5, 0.6) is 11.5 Å². The highest BCUT2D eigenvalue weighted by atomic mass is 16.5. The van der Waals surface area contributed by atoms with Gasteiger partial charge in [0, 0.05) is 0 Å². The van der Waals surface area contributed by atoms with Crippen LogP contribution in [0.3, 0.4) is 0 Å². The minimum absolute atomic E-state index is 0.130. The number of para-hydroxylation sites is 1. The summed E-state index contributed by atoms with van der Waals surface area (Å²) < 4.78 is 11.1. The molecule has 5 heteroatoms. The molecule has 0 aliphatic carbocycles. The number of hydrogen-bond donors (Lipinski definition) is 1. The number of nitrogens with zero attached hydrogens (tertiary/aromatic N) is 1. The van der Waals surface area contributed by atoms with E-state index in [2.05, 4.69) is 12.0 Å². The first-order valence-electron chi connectivity index (χ1n) is 9.76. The number of hydrogen-bond acceptors (Lipinski definition) is 4. The van der Waals surface area contributed by atoms with Crippen molar-refractivity contribution in [2.45, 2.75) is 13.0 Å². The Morgan fingerprint density at radius 2 is 1.67 bits per heavy atom. The molecule has 154 valence electrons. The van der Waals surface area contributed by atoms with Crippen molar-refractivity contribution in [2.24, 2.45) is 0 Å². The zero-order valence-electron chi connectivity index (χ0n) is 17.1. The van der Waals surface area contributed by atoms with Crippen molar-refractivity contribution >= 4 is 11.6 Å². The van der Waals surface area contributed by atoms with E-state index in [0.717, 1.165) is 23.2 Å². The van der Waals surface area contributed by atoms with Crippen molar-refractivity contribution < 1.29 is 14.3 Å². The molecule has 0 unspecified atom stereocenters. The van der Waals surface area contributed by atoms with Crippen LogP contribution in [-0.4, -0.2) is 19.6 Å². The molecule has 1 amide bonds. The standard InChI is InChI=1S/C25H26N2O3/c1-3-10-20-15-16-23(24(17-20)29-2)30-19-25(28)26-27(22-13-8-5-9-14-22)18-21-11-6-4-7-12-21/h3-9,11-17H,1,10,18-19H2,2H3,(H,26,28). The molecule has 5 nitrogen and oxygen atoms in total.